The molecule has 30 heavy (non-hydrogen) atoms. The van der Waals surface area contributed by atoms with Gasteiger partial charge in [0.25, 0.3) is 10.0 Å². The first-order chi connectivity index (χ1) is 14.6. The van der Waals surface area contributed by atoms with E-state index >= 15 is 0 Å². The van der Waals surface area contributed by atoms with Crippen LogP contribution in [0.15, 0.2) is 89.8 Å². The highest BCUT2D eigenvalue weighted by atomic mass is 32.2. The minimum atomic E-state index is -3.76. The Balaban J connectivity index is 1.80. The van der Waals surface area contributed by atoms with Crippen LogP contribution in [0.25, 0.3) is 43.6 Å². The molecule has 0 aliphatic heterocycles. The second-order valence-corrected chi connectivity index (χ2v) is 9.44. The fourth-order valence-electron chi connectivity index (χ4n) is 4.42. The van der Waals surface area contributed by atoms with Crippen molar-refractivity contribution in [1.29, 1.82) is 0 Å². The number of aromatic amines is 1. The van der Waals surface area contributed by atoms with E-state index in [1.165, 1.54) is 3.97 Å². The summed E-state index contributed by atoms with van der Waals surface area (Å²) in [6, 6.07) is 26.8. The molecule has 0 amide bonds. The third-order valence-corrected chi connectivity index (χ3v) is 7.57. The smallest absolute Gasteiger partial charge is 0.268 e. The summed E-state index contributed by atoms with van der Waals surface area (Å²) in [6.45, 7) is 1.95. The highest BCUT2D eigenvalue weighted by molar-refractivity contribution is 7.90. The maximum atomic E-state index is 13.7. The van der Waals surface area contributed by atoms with E-state index in [1.807, 2.05) is 73.7 Å². The van der Waals surface area contributed by atoms with E-state index in [0.717, 1.165) is 38.1 Å². The first-order valence-electron chi connectivity index (χ1n) is 9.80. The molecule has 1 N–H and O–H groups in total. The zero-order valence-corrected chi connectivity index (χ0v) is 17.1. The van der Waals surface area contributed by atoms with Gasteiger partial charge >= 0.3 is 0 Å². The van der Waals surface area contributed by atoms with Gasteiger partial charge in [-0.25, -0.2) is 12.4 Å². The normalized spacial score (nSPS) is 12.4. The molecule has 0 unspecified atom stereocenters. The number of hydrogen-bond acceptors (Lipinski definition) is 2. The van der Waals surface area contributed by atoms with Gasteiger partial charge in [-0.15, -0.1) is 0 Å². The predicted molar refractivity (Wildman–Crippen MR) is 123 cm³/mol. The first kappa shape index (κ1) is 17.3. The molecule has 0 aliphatic carbocycles. The summed E-state index contributed by atoms with van der Waals surface area (Å²) in [5.74, 6) is 0. The lowest BCUT2D eigenvalue weighted by Gasteiger charge is -2.09. The molecule has 6 rings (SSSR count). The Hall–Kier alpha value is -3.57. The van der Waals surface area contributed by atoms with Crippen molar-refractivity contribution in [3.8, 4) is 0 Å². The Morgan fingerprint density at radius 3 is 2.20 bits per heavy atom. The average Bonchev–Trinajstić information content (AvgIpc) is 3.30. The summed E-state index contributed by atoms with van der Waals surface area (Å²) >= 11 is 0. The fraction of sp³-hybridized carbons (Fsp3) is 0.0400. The lowest BCUT2D eigenvalue weighted by molar-refractivity contribution is 0.590. The summed E-state index contributed by atoms with van der Waals surface area (Å²) < 4.78 is 28.9. The van der Waals surface area contributed by atoms with Crippen LogP contribution in [0, 0.1) is 6.92 Å². The third kappa shape index (κ3) is 2.24. The Labute approximate surface area is 173 Å². The highest BCUT2D eigenvalue weighted by Crippen LogP contribution is 2.38. The molecule has 0 radical (unpaired) electrons. The monoisotopic (exact) mass is 410 g/mol. The van der Waals surface area contributed by atoms with Crippen LogP contribution in [0.4, 0.5) is 0 Å². The van der Waals surface area contributed by atoms with Crippen LogP contribution in [0.3, 0.4) is 0 Å². The summed E-state index contributed by atoms with van der Waals surface area (Å²) in [5.41, 5.74) is 4.38. The van der Waals surface area contributed by atoms with Gasteiger partial charge in [-0.05, 0) is 37.3 Å². The Bertz CT molecular complexity index is 1710. The van der Waals surface area contributed by atoms with E-state index in [4.69, 9.17) is 0 Å². The molecule has 5 heteroatoms. The van der Waals surface area contributed by atoms with Gasteiger partial charge in [0.2, 0.25) is 0 Å². The predicted octanol–water partition coefficient (Wildman–Crippen LogP) is 5.97. The maximum absolute atomic E-state index is 13.7. The minimum absolute atomic E-state index is 0.285. The second-order valence-electron chi connectivity index (χ2n) is 7.65. The number of nitrogens with zero attached hydrogens (tertiary/aromatic N) is 1. The van der Waals surface area contributed by atoms with Gasteiger partial charge < -0.3 is 4.98 Å². The molecule has 0 saturated heterocycles. The standard InChI is InChI=1S/C25H18N2O2S/c1-16-10-12-17(13-11-16)30(28,29)27-22-9-5-3-7-20(22)24-23(27)15-14-19-18-6-2-4-8-21(18)26-25(19)24/h2-15,26H,1H3. The molecule has 0 spiro atoms. The van der Waals surface area contributed by atoms with Gasteiger partial charge in [0.05, 0.1) is 21.4 Å². The number of nitrogens with one attached hydrogen (secondary N) is 1. The van der Waals surface area contributed by atoms with E-state index in [9.17, 15) is 8.42 Å². The summed E-state index contributed by atoms with van der Waals surface area (Å²) in [6.07, 6.45) is 0. The summed E-state index contributed by atoms with van der Waals surface area (Å²) in [4.78, 5) is 3.80. The molecule has 4 nitrogen and oxygen atoms in total. The zero-order chi connectivity index (χ0) is 20.5. The van der Waals surface area contributed by atoms with Crippen LogP contribution in [0.2, 0.25) is 0 Å². The zero-order valence-electron chi connectivity index (χ0n) is 16.3. The molecule has 0 aliphatic rings. The van der Waals surface area contributed by atoms with Gasteiger partial charge in [-0.1, -0.05) is 60.2 Å². The molecule has 0 saturated carbocycles. The van der Waals surface area contributed by atoms with Crippen molar-refractivity contribution < 1.29 is 8.42 Å². The maximum Gasteiger partial charge on any atom is 0.268 e. The molecule has 0 fully saturated rings. The SMILES string of the molecule is Cc1ccc(S(=O)(=O)n2c3ccccc3c3c4[nH]c5ccccc5c4ccc32)cc1. The molecule has 0 bridgehead atoms. The number of benzene rings is 4. The molecule has 146 valence electrons. The second kappa shape index (κ2) is 5.97. The molecular weight excluding hydrogens is 392 g/mol. The van der Waals surface area contributed by atoms with Crippen LogP contribution < -0.4 is 0 Å². The number of H-pyrrole nitrogens is 1. The van der Waals surface area contributed by atoms with E-state index in [0.29, 0.717) is 11.0 Å². The average molecular weight is 410 g/mol. The number of fused-ring (bicyclic) bond motifs is 7. The molecule has 0 atom stereocenters. The molecule has 2 aromatic heterocycles. The lowest BCUT2D eigenvalue weighted by Crippen LogP contribution is -2.12. The number of para-hydroxylation sites is 2. The Kier molecular flexibility index (Phi) is 3.44. The van der Waals surface area contributed by atoms with Gasteiger partial charge in [0.15, 0.2) is 0 Å². The molecule has 2 heterocycles. The van der Waals surface area contributed by atoms with Crippen LogP contribution in [-0.2, 0) is 10.0 Å². The quantitative estimate of drug-likeness (QED) is 0.382. The number of hydrogen-bond donors (Lipinski definition) is 1. The number of rotatable bonds is 2. The minimum Gasteiger partial charge on any atom is -0.354 e. The van der Waals surface area contributed by atoms with Crippen molar-refractivity contribution in [2.75, 3.05) is 0 Å². The van der Waals surface area contributed by atoms with E-state index in [1.54, 1.807) is 12.1 Å². The first-order valence-corrected chi connectivity index (χ1v) is 11.2. The van der Waals surface area contributed by atoms with Gasteiger partial charge in [-0.2, -0.15) is 0 Å². The topological polar surface area (TPSA) is 54.9 Å². The Morgan fingerprint density at radius 2 is 1.40 bits per heavy atom. The highest BCUT2D eigenvalue weighted by Gasteiger charge is 2.24. The lowest BCUT2D eigenvalue weighted by atomic mass is 10.1. The van der Waals surface area contributed by atoms with Gasteiger partial charge in [0, 0.05) is 27.1 Å². The van der Waals surface area contributed by atoms with Crippen molar-refractivity contribution in [3.63, 3.8) is 0 Å². The van der Waals surface area contributed by atoms with Gasteiger partial charge in [-0.3, -0.25) is 0 Å². The largest absolute Gasteiger partial charge is 0.354 e. The van der Waals surface area contributed by atoms with Gasteiger partial charge in [0.1, 0.15) is 0 Å². The fourth-order valence-corrected chi connectivity index (χ4v) is 5.94. The van der Waals surface area contributed by atoms with Crippen LogP contribution in [0.5, 0.6) is 0 Å². The number of aryl methyl sites for hydroxylation is 1. The number of aromatic nitrogens is 2. The van der Waals surface area contributed by atoms with E-state index < -0.39 is 10.0 Å². The third-order valence-electron chi connectivity index (χ3n) is 5.83. The Morgan fingerprint density at radius 1 is 0.700 bits per heavy atom. The molecular formula is C25H18N2O2S. The van der Waals surface area contributed by atoms with E-state index in [2.05, 4.69) is 11.1 Å². The van der Waals surface area contributed by atoms with Crippen molar-refractivity contribution in [2.24, 2.45) is 0 Å². The molecule has 4 aromatic carbocycles. The van der Waals surface area contributed by atoms with Crippen LogP contribution in [-0.4, -0.2) is 17.4 Å². The van der Waals surface area contributed by atoms with Crippen molar-refractivity contribution in [1.82, 2.24) is 8.96 Å². The van der Waals surface area contributed by atoms with Crippen molar-refractivity contribution in [3.05, 3.63) is 90.5 Å². The summed E-state index contributed by atoms with van der Waals surface area (Å²) in [7, 11) is -3.76. The van der Waals surface area contributed by atoms with Crippen LogP contribution >= 0.6 is 0 Å². The van der Waals surface area contributed by atoms with Crippen LogP contribution in [0.1, 0.15) is 5.56 Å². The molecule has 6 aromatic rings. The van der Waals surface area contributed by atoms with Crippen molar-refractivity contribution in [2.45, 2.75) is 11.8 Å². The summed E-state index contributed by atoms with van der Waals surface area (Å²) in [5, 5.41) is 4.07. The van der Waals surface area contributed by atoms with E-state index in [-0.39, 0.29) is 4.90 Å². The van der Waals surface area contributed by atoms with Crippen molar-refractivity contribution >= 4 is 53.6 Å².